The van der Waals surface area contributed by atoms with E-state index in [1.54, 1.807) is 30.3 Å². The standard InChI is InChI=1S/C21H20O8.C19H16O8.C3H9N.C2H7NO/c1-2-12(22)11-27-7-8-28-18(24)10-16(23)17-9-15-19(25)13-5-3-4-6-14(13)20(26)21(15)29-17;20-7-10(8-21)9-26-16(23)6-14(22)15-5-13-17(24)11-3-1-2-4-12(11)18(25)19(13)27-15;1-2-3-4;3-1-2-4/h3-6,9-10,12,22-23H,2,7-8,11H2,1H3;1-6,10,20-22H,7-9H2;2-4H2,1H3;4H,1-3H2/b16-10-;14-6-;;. The molecule has 4 aromatic rings. The lowest BCUT2D eigenvalue weighted by Gasteiger charge is -2.11. The summed E-state index contributed by atoms with van der Waals surface area (Å²) in [6, 6.07) is 15.1. The molecule has 0 bridgehead atoms. The Balaban J connectivity index is 0.000000292. The number of hydrogen-bond donors (Lipinski definition) is 8. The van der Waals surface area contributed by atoms with Gasteiger partial charge < -0.3 is 65.2 Å². The number of rotatable bonds is 16. The summed E-state index contributed by atoms with van der Waals surface area (Å²) in [6.07, 6.45) is 2.58. The molecule has 0 saturated heterocycles. The van der Waals surface area contributed by atoms with Crippen LogP contribution in [0.15, 0.2) is 81.7 Å². The minimum Gasteiger partial charge on any atom is -0.504 e. The molecular weight excluding hydrogens is 840 g/mol. The van der Waals surface area contributed by atoms with Crippen molar-refractivity contribution in [2.45, 2.75) is 32.8 Å². The molecule has 1 unspecified atom stereocenters. The maximum absolute atomic E-state index is 12.5. The van der Waals surface area contributed by atoms with Gasteiger partial charge in [-0.2, -0.15) is 0 Å². The Morgan fingerprint density at radius 3 is 1.42 bits per heavy atom. The highest BCUT2D eigenvalue weighted by Crippen LogP contribution is 2.33. The molecule has 0 saturated carbocycles. The summed E-state index contributed by atoms with van der Waals surface area (Å²) < 4.78 is 25.5. The van der Waals surface area contributed by atoms with Gasteiger partial charge in [0.15, 0.2) is 46.1 Å². The van der Waals surface area contributed by atoms with Crippen molar-refractivity contribution in [2.24, 2.45) is 17.4 Å². The molecule has 2 heterocycles. The number of esters is 2. The molecule has 1 atom stereocenters. The van der Waals surface area contributed by atoms with E-state index in [-0.39, 0.29) is 103 Å². The van der Waals surface area contributed by atoms with Gasteiger partial charge in [-0.25, -0.2) is 9.59 Å². The third-order valence-corrected chi connectivity index (χ3v) is 8.86. The van der Waals surface area contributed by atoms with E-state index in [0.29, 0.717) is 13.0 Å². The van der Waals surface area contributed by atoms with Crippen molar-refractivity contribution >= 4 is 46.6 Å². The first-order valence-corrected chi connectivity index (χ1v) is 20.0. The lowest BCUT2D eigenvalue weighted by Crippen LogP contribution is -2.19. The number of ketones is 4. The van der Waals surface area contributed by atoms with Crippen molar-refractivity contribution in [3.05, 3.63) is 129 Å². The molecule has 2 aromatic carbocycles. The number of furan rings is 2. The van der Waals surface area contributed by atoms with Crippen molar-refractivity contribution in [3.63, 3.8) is 0 Å². The molecule has 0 aliphatic heterocycles. The van der Waals surface area contributed by atoms with Crippen molar-refractivity contribution in [1.29, 1.82) is 0 Å². The molecule has 344 valence electrons. The van der Waals surface area contributed by atoms with Crippen molar-refractivity contribution < 1.29 is 82.5 Å². The van der Waals surface area contributed by atoms with Crippen LogP contribution in [0, 0.1) is 5.92 Å². The third-order valence-electron chi connectivity index (χ3n) is 8.86. The Hall–Kier alpha value is -6.58. The number of carbonyl (C=O) groups excluding carboxylic acids is 6. The Morgan fingerprint density at radius 2 is 1.05 bits per heavy atom. The SMILES string of the molecule is CCC(O)COCCOC(=O)/C=C(\O)c1cc2c(o1)C(=O)c1ccccc1C2=O.CCCN.NCCO.O=C(/C=C(\O)c1cc2c(o1)C(=O)c1ccccc1C2=O)OCC(CO)CO. The van der Waals surface area contributed by atoms with Crippen LogP contribution in [0.25, 0.3) is 11.5 Å². The highest BCUT2D eigenvalue weighted by molar-refractivity contribution is 6.28. The van der Waals surface area contributed by atoms with Crippen LogP contribution in [0.3, 0.4) is 0 Å². The molecule has 2 aliphatic carbocycles. The summed E-state index contributed by atoms with van der Waals surface area (Å²) in [5, 5.41) is 55.1. The van der Waals surface area contributed by atoms with E-state index in [4.69, 9.17) is 49.8 Å². The average molecular weight is 893 g/mol. The van der Waals surface area contributed by atoms with Gasteiger partial charge in [0.05, 0.1) is 69.0 Å². The second kappa shape index (κ2) is 26.1. The predicted molar refractivity (Wildman–Crippen MR) is 227 cm³/mol. The molecule has 0 spiro atoms. The molecule has 19 nitrogen and oxygen atoms in total. The summed E-state index contributed by atoms with van der Waals surface area (Å²) in [6.45, 7) is 4.35. The number of benzene rings is 2. The van der Waals surface area contributed by atoms with Crippen LogP contribution in [0.2, 0.25) is 0 Å². The van der Waals surface area contributed by atoms with Gasteiger partial charge in [-0.05, 0) is 31.5 Å². The molecule has 6 rings (SSSR count). The zero-order valence-electron chi connectivity index (χ0n) is 35.2. The first-order valence-electron chi connectivity index (χ1n) is 20.0. The molecule has 64 heavy (non-hydrogen) atoms. The average Bonchev–Trinajstić information content (AvgIpc) is 3.98. The van der Waals surface area contributed by atoms with Crippen LogP contribution in [0.5, 0.6) is 0 Å². The normalized spacial score (nSPS) is 13.1. The van der Waals surface area contributed by atoms with E-state index >= 15 is 0 Å². The van der Waals surface area contributed by atoms with Crippen molar-refractivity contribution in [2.75, 3.05) is 59.3 Å². The molecule has 0 radical (unpaired) electrons. The lowest BCUT2D eigenvalue weighted by molar-refractivity contribution is -0.140. The monoisotopic (exact) mass is 892 g/mol. The first kappa shape index (κ1) is 51.8. The number of fused-ring (bicyclic) bond motifs is 4. The second-order valence-corrected chi connectivity index (χ2v) is 13.6. The Morgan fingerprint density at radius 1 is 0.641 bits per heavy atom. The van der Waals surface area contributed by atoms with Crippen molar-refractivity contribution in [3.8, 4) is 0 Å². The van der Waals surface area contributed by atoms with E-state index in [0.717, 1.165) is 25.1 Å². The molecule has 10 N–H and O–H groups in total. The van der Waals surface area contributed by atoms with Gasteiger partial charge >= 0.3 is 11.9 Å². The molecule has 0 fully saturated rings. The fraction of sp³-hybridized carbons (Fsp3) is 0.333. The van der Waals surface area contributed by atoms with E-state index in [2.05, 4.69) is 6.92 Å². The van der Waals surface area contributed by atoms with E-state index < -0.39 is 58.6 Å². The number of ether oxygens (including phenoxy) is 3. The largest absolute Gasteiger partial charge is 0.504 e. The Kier molecular flexibility index (Phi) is 21.1. The molecule has 0 amide bonds. The number of aliphatic hydroxyl groups is 6. The van der Waals surface area contributed by atoms with E-state index in [9.17, 15) is 44.1 Å². The molecule has 2 aliphatic rings. The van der Waals surface area contributed by atoms with Gasteiger partial charge in [0.2, 0.25) is 11.6 Å². The van der Waals surface area contributed by atoms with E-state index in [1.165, 1.54) is 30.3 Å². The number of nitrogens with two attached hydrogens (primary N) is 2. The maximum Gasteiger partial charge on any atom is 0.334 e. The van der Waals surface area contributed by atoms with Gasteiger partial charge in [-0.3, -0.25) is 19.2 Å². The highest BCUT2D eigenvalue weighted by Gasteiger charge is 2.35. The predicted octanol–water partition coefficient (Wildman–Crippen LogP) is 2.68. The smallest absolute Gasteiger partial charge is 0.334 e. The van der Waals surface area contributed by atoms with Gasteiger partial charge in [-0.1, -0.05) is 62.4 Å². The first-order chi connectivity index (χ1) is 30.7. The second-order valence-electron chi connectivity index (χ2n) is 13.6. The topological polar surface area (TPSA) is 330 Å². The van der Waals surface area contributed by atoms with Gasteiger partial charge in [-0.15, -0.1) is 0 Å². The van der Waals surface area contributed by atoms with Gasteiger partial charge in [0.25, 0.3) is 0 Å². The Labute approximate surface area is 367 Å². The fourth-order valence-corrected chi connectivity index (χ4v) is 5.35. The minimum atomic E-state index is -0.935. The zero-order valence-corrected chi connectivity index (χ0v) is 35.2. The van der Waals surface area contributed by atoms with Crippen LogP contribution in [0.1, 0.15) is 102 Å². The summed E-state index contributed by atoms with van der Waals surface area (Å²) in [4.78, 5) is 73.5. The fourth-order valence-electron chi connectivity index (χ4n) is 5.35. The molecular formula is C45H52N2O17. The summed E-state index contributed by atoms with van der Waals surface area (Å²) in [7, 11) is 0. The number of hydrogen-bond acceptors (Lipinski definition) is 19. The van der Waals surface area contributed by atoms with Crippen LogP contribution >= 0.6 is 0 Å². The summed E-state index contributed by atoms with van der Waals surface area (Å²) in [5.74, 6) is -6.19. The zero-order chi connectivity index (χ0) is 47.3. The summed E-state index contributed by atoms with van der Waals surface area (Å²) in [5.41, 5.74) is 10.8. The van der Waals surface area contributed by atoms with Crippen molar-refractivity contribution in [1.82, 2.24) is 0 Å². The Bertz CT molecular complexity index is 2190. The minimum absolute atomic E-state index is 0.00245. The van der Waals surface area contributed by atoms with Gasteiger partial charge in [0.1, 0.15) is 6.61 Å². The lowest BCUT2D eigenvalue weighted by atomic mass is 9.88. The number of carbonyl (C=O) groups is 6. The van der Waals surface area contributed by atoms with E-state index in [1.807, 2.05) is 6.92 Å². The number of aliphatic hydroxyl groups excluding tert-OH is 6. The van der Waals surface area contributed by atoms with Crippen LogP contribution in [-0.4, -0.2) is 131 Å². The molecule has 2 aromatic heterocycles. The molecule has 19 heteroatoms. The van der Waals surface area contributed by atoms with Gasteiger partial charge in [0, 0.05) is 34.7 Å². The third kappa shape index (κ3) is 14.0. The van der Waals surface area contributed by atoms with Crippen LogP contribution in [0.4, 0.5) is 0 Å². The van der Waals surface area contributed by atoms with Crippen LogP contribution in [-0.2, 0) is 23.8 Å². The maximum atomic E-state index is 12.5. The van der Waals surface area contributed by atoms with Crippen LogP contribution < -0.4 is 11.5 Å². The quantitative estimate of drug-likeness (QED) is 0.0300. The highest BCUT2D eigenvalue weighted by atomic mass is 16.6. The summed E-state index contributed by atoms with van der Waals surface area (Å²) >= 11 is 0.